The summed E-state index contributed by atoms with van der Waals surface area (Å²) in [6.45, 7) is 2.15. The Balaban J connectivity index is 1.33. The number of hydrogen-bond donors (Lipinski definition) is 2. The molecule has 0 aliphatic rings. The van der Waals surface area contributed by atoms with Gasteiger partial charge in [-0.3, -0.25) is 9.59 Å². The topological polar surface area (TPSA) is 93.2 Å². The van der Waals surface area contributed by atoms with Crippen molar-refractivity contribution in [2.45, 2.75) is 13.5 Å². The minimum absolute atomic E-state index is 0.137. The molecule has 1 heterocycles. The molecule has 4 rings (SSSR count). The zero-order valence-electron chi connectivity index (χ0n) is 17.8. The molecule has 2 amide bonds. The first-order chi connectivity index (χ1) is 16.4. The maximum Gasteiger partial charge on any atom is 0.286 e. The number of benzene rings is 3. The highest BCUT2D eigenvalue weighted by atomic mass is 32.1. The third kappa shape index (κ3) is 5.78. The fraction of sp³-hybridized carbons (Fsp3) is 0.0833. The Morgan fingerprint density at radius 1 is 0.941 bits per heavy atom. The zero-order chi connectivity index (χ0) is 24.1. The monoisotopic (exact) mass is 480 g/mol. The summed E-state index contributed by atoms with van der Waals surface area (Å²) in [5.41, 5.74) is 1.60. The van der Waals surface area contributed by atoms with Crippen LogP contribution in [0.3, 0.4) is 0 Å². The van der Waals surface area contributed by atoms with Crippen molar-refractivity contribution >= 4 is 34.5 Å². The first-order valence-electron chi connectivity index (χ1n) is 10.1. The fourth-order valence-electron chi connectivity index (χ4n) is 2.93. The molecule has 34 heavy (non-hydrogen) atoms. The van der Waals surface area contributed by atoms with Crippen LogP contribution in [0.4, 0.5) is 20.2 Å². The molecule has 0 fully saturated rings. The average molecular weight is 480 g/mol. The van der Waals surface area contributed by atoms with E-state index in [0.29, 0.717) is 22.5 Å². The molecule has 4 aromatic rings. The predicted molar refractivity (Wildman–Crippen MR) is 124 cm³/mol. The number of halogens is 2. The van der Waals surface area contributed by atoms with Gasteiger partial charge in [-0.25, -0.2) is 8.78 Å². The number of nitrogens with one attached hydrogen (secondary N) is 2. The van der Waals surface area contributed by atoms with Crippen LogP contribution in [-0.4, -0.2) is 22.0 Å². The number of ether oxygens (including phenoxy) is 1. The quantitative estimate of drug-likeness (QED) is 0.379. The van der Waals surface area contributed by atoms with Crippen LogP contribution in [-0.2, 0) is 6.61 Å². The Kier molecular flexibility index (Phi) is 6.88. The van der Waals surface area contributed by atoms with Crippen molar-refractivity contribution in [2.24, 2.45) is 0 Å². The molecule has 0 spiro atoms. The van der Waals surface area contributed by atoms with Gasteiger partial charge in [-0.15, -0.1) is 10.2 Å². The minimum Gasteiger partial charge on any atom is -0.486 e. The van der Waals surface area contributed by atoms with Gasteiger partial charge in [0.2, 0.25) is 5.01 Å². The zero-order valence-corrected chi connectivity index (χ0v) is 18.7. The van der Waals surface area contributed by atoms with Crippen molar-refractivity contribution in [3.05, 3.63) is 99.5 Å². The molecule has 0 aliphatic heterocycles. The molecule has 0 aliphatic carbocycles. The highest BCUT2D eigenvalue weighted by Crippen LogP contribution is 2.19. The molecule has 0 bridgehead atoms. The highest BCUT2D eigenvalue weighted by Gasteiger charge is 2.15. The van der Waals surface area contributed by atoms with E-state index in [-0.39, 0.29) is 22.9 Å². The van der Waals surface area contributed by atoms with Gasteiger partial charge in [0.1, 0.15) is 24.0 Å². The second-order valence-electron chi connectivity index (χ2n) is 7.22. The molecule has 7 nitrogen and oxygen atoms in total. The van der Waals surface area contributed by atoms with E-state index in [2.05, 4.69) is 20.8 Å². The van der Waals surface area contributed by atoms with Crippen LogP contribution in [0.25, 0.3) is 0 Å². The average Bonchev–Trinajstić information content (AvgIpc) is 3.29. The molecular formula is C24H18F2N4O3S. The number of anilines is 2. The van der Waals surface area contributed by atoms with Gasteiger partial charge in [0, 0.05) is 17.3 Å². The van der Waals surface area contributed by atoms with Crippen LogP contribution >= 0.6 is 11.3 Å². The van der Waals surface area contributed by atoms with E-state index in [1.54, 1.807) is 0 Å². The van der Waals surface area contributed by atoms with Gasteiger partial charge >= 0.3 is 0 Å². The first-order valence-corrected chi connectivity index (χ1v) is 10.9. The van der Waals surface area contributed by atoms with Crippen molar-refractivity contribution < 1.29 is 23.1 Å². The lowest BCUT2D eigenvalue weighted by atomic mass is 10.2. The Labute approximate surface area is 197 Å². The van der Waals surface area contributed by atoms with Crippen molar-refractivity contribution in [2.75, 3.05) is 10.6 Å². The lowest BCUT2D eigenvalue weighted by molar-refractivity contribution is 0.101. The van der Waals surface area contributed by atoms with Gasteiger partial charge in [0.25, 0.3) is 11.8 Å². The lowest BCUT2D eigenvalue weighted by Gasteiger charge is -2.08. The second-order valence-corrected chi connectivity index (χ2v) is 8.28. The van der Waals surface area contributed by atoms with E-state index in [1.165, 1.54) is 24.3 Å². The molecule has 0 atom stereocenters. The van der Waals surface area contributed by atoms with Gasteiger partial charge in [0.05, 0.1) is 5.69 Å². The summed E-state index contributed by atoms with van der Waals surface area (Å²) in [6.07, 6.45) is 0. The summed E-state index contributed by atoms with van der Waals surface area (Å²) < 4.78 is 32.4. The summed E-state index contributed by atoms with van der Waals surface area (Å²) in [6, 6.07) is 16.4. The summed E-state index contributed by atoms with van der Waals surface area (Å²) >= 11 is 1.11. The summed E-state index contributed by atoms with van der Waals surface area (Å²) in [4.78, 5) is 24.8. The largest absolute Gasteiger partial charge is 0.486 e. The van der Waals surface area contributed by atoms with Gasteiger partial charge < -0.3 is 15.4 Å². The molecule has 10 heteroatoms. The molecule has 1 aromatic heterocycles. The van der Waals surface area contributed by atoms with Gasteiger partial charge in [-0.2, -0.15) is 0 Å². The number of hydrogen-bond acceptors (Lipinski definition) is 6. The molecular weight excluding hydrogens is 462 g/mol. The Hall–Kier alpha value is -4.18. The summed E-state index contributed by atoms with van der Waals surface area (Å²) in [5.74, 6) is -1.95. The molecule has 0 radical (unpaired) electrons. The van der Waals surface area contributed by atoms with E-state index in [4.69, 9.17) is 4.74 Å². The van der Waals surface area contributed by atoms with Crippen LogP contribution in [0.1, 0.15) is 30.7 Å². The minimum atomic E-state index is -0.877. The van der Waals surface area contributed by atoms with Crippen molar-refractivity contribution in [1.29, 1.82) is 0 Å². The van der Waals surface area contributed by atoms with Crippen LogP contribution < -0.4 is 15.4 Å². The maximum absolute atomic E-state index is 13.7. The normalized spacial score (nSPS) is 10.6. The Morgan fingerprint density at radius 3 is 2.47 bits per heavy atom. The smallest absolute Gasteiger partial charge is 0.286 e. The third-order valence-corrected chi connectivity index (χ3v) is 5.49. The molecule has 0 saturated carbocycles. The second kappa shape index (κ2) is 10.2. The van der Waals surface area contributed by atoms with E-state index in [0.717, 1.165) is 29.0 Å². The van der Waals surface area contributed by atoms with Gasteiger partial charge in [-0.05, 0) is 61.0 Å². The number of nitrogens with zero attached hydrogens (tertiary/aromatic N) is 2. The van der Waals surface area contributed by atoms with Crippen molar-refractivity contribution in [3.8, 4) is 5.75 Å². The third-order valence-electron chi connectivity index (χ3n) is 4.60. The van der Waals surface area contributed by atoms with E-state index in [9.17, 15) is 18.4 Å². The standard InChI is InChI=1S/C24H18F2N4O3S/c1-14-3-2-4-18(11-14)33-13-21-29-30-24(34-21)23(32)27-17-8-5-15(6-9-17)22(31)28-20-10-7-16(25)12-19(20)26/h2-12H,13H2,1H3,(H,27,32)(H,28,31). The molecule has 0 unspecified atom stereocenters. The SMILES string of the molecule is Cc1cccc(OCc2nnc(C(=O)Nc3ccc(C(=O)Nc4ccc(F)cc4F)cc3)s2)c1. The highest BCUT2D eigenvalue weighted by molar-refractivity contribution is 7.13. The predicted octanol–water partition coefficient (Wildman–Crippen LogP) is 5.21. The van der Waals surface area contributed by atoms with E-state index < -0.39 is 23.4 Å². The summed E-state index contributed by atoms with van der Waals surface area (Å²) in [7, 11) is 0. The number of amides is 2. The molecule has 2 N–H and O–H groups in total. The first kappa shape index (κ1) is 23.0. The maximum atomic E-state index is 13.7. The van der Waals surface area contributed by atoms with Gasteiger partial charge in [-0.1, -0.05) is 23.5 Å². The fourth-order valence-corrected chi connectivity index (χ4v) is 3.58. The summed E-state index contributed by atoms with van der Waals surface area (Å²) in [5, 5.41) is 13.6. The number of aromatic nitrogens is 2. The number of carbonyl (C=O) groups is 2. The van der Waals surface area contributed by atoms with Gasteiger partial charge in [0.15, 0.2) is 5.01 Å². The van der Waals surface area contributed by atoms with Crippen LogP contribution in [0.2, 0.25) is 0 Å². The Morgan fingerprint density at radius 2 is 1.74 bits per heavy atom. The Bertz CT molecular complexity index is 1340. The van der Waals surface area contributed by atoms with Crippen molar-refractivity contribution in [1.82, 2.24) is 10.2 Å². The van der Waals surface area contributed by atoms with Crippen LogP contribution in [0.15, 0.2) is 66.7 Å². The van der Waals surface area contributed by atoms with Crippen LogP contribution in [0.5, 0.6) is 5.75 Å². The molecule has 0 saturated heterocycles. The number of carbonyl (C=O) groups excluding carboxylic acids is 2. The molecule has 3 aromatic carbocycles. The lowest BCUT2D eigenvalue weighted by Crippen LogP contribution is -2.14. The van der Waals surface area contributed by atoms with Crippen LogP contribution in [0, 0.1) is 18.6 Å². The molecule has 172 valence electrons. The van der Waals surface area contributed by atoms with E-state index in [1.807, 2.05) is 31.2 Å². The van der Waals surface area contributed by atoms with E-state index >= 15 is 0 Å². The number of rotatable bonds is 7. The number of aryl methyl sites for hydroxylation is 1. The van der Waals surface area contributed by atoms with Crippen molar-refractivity contribution in [3.63, 3.8) is 0 Å².